The first-order chi connectivity index (χ1) is 10.2. The number of aromatic nitrogens is 1. The third-order valence-electron chi connectivity index (χ3n) is 2.71. The first kappa shape index (κ1) is 14.2. The van der Waals surface area contributed by atoms with Gasteiger partial charge in [-0.25, -0.2) is 0 Å². The molecule has 2 aromatic rings. The van der Waals surface area contributed by atoms with Gasteiger partial charge in [0, 0.05) is 11.3 Å². The van der Waals surface area contributed by atoms with E-state index in [9.17, 15) is 4.79 Å². The highest BCUT2D eigenvalue weighted by Crippen LogP contribution is 2.10. The van der Waals surface area contributed by atoms with Gasteiger partial charge in [-0.3, -0.25) is 4.79 Å². The Bertz CT molecular complexity index is 813. The van der Waals surface area contributed by atoms with E-state index in [4.69, 9.17) is 10.00 Å². The quantitative estimate of drug-likeness (QED) is 0.856. The lowest BCUT2D eigenvalue weighted by atomic mass is 10.2. The van der Waals surface area contributed by atoms with Crippen LogP contribution in [-0.2, 0) is 0 Å². The van der Waals surface area contributed by atoms with Crippen molar-refractivity contribution in [3.8, 4) is 23.7 Å². The van der Waals surface area contributed by atoms with Crippen LogP contribution >= 0.6 is 0 Å². The lowest BCUT2D eigenvalue weighted by molar-refractivity contribution is 0.415. The summed E-state index contributed by atoms with van der Waals surface area (Å²) in [4.78, 5) is 14.0. The molecule has 1 aromatic carbocycles. The number of nitriles is 1. The molecular formula is C17H12N2O2. The van der Waals surface area contributed by atoms with E-state index in [0.717, 1.165) is 11.3 Å². The Hall–Kier alpha value is -3.24. The van der Waals surface area contributed by atoms with Crippen molar-refractivity contribution in [3.05, 3.63) is 69.6 Å². The molecule has 0 fully saturated rings. The number of nitrogens with one attached hydrogen (secondary N) is 1. The van der Waals surface area contributed by atoms with Gasteiger partial charge in [0.2, 0.25) is 0 Å². The SMILES string of the molecule is COc1ccc(C#C/C=C/c2ccc(C#N)c(=O)[nH]2)cc1. The van der Waals surface area contributed by atoms with E-state index in [1.165, 1.54) is 6.07 Å². The van der Waals surface area contributed by atoms with E-state index < -0.39 is 5.56 Å². The van der Waals surface area contributed by atoms with Crippen LogP contribution in [0.3, 0.4) is 0 Å². The van der Waals surface area contributed by atoms with Gasteiger partial charge < -0.3 is 9.72 Å². The van der Waals surface area contributed by atoms with Crippen LogP contribution in [-0.4, -0.2) is 12.1 Å². The Morgan fingerprint density at radius 3 is 2.57 bits per heavy atom. The van der Waals surface area contributed by atoms with Crippen molar-refractivity contribution in [1.82, 2.24) is 4.98 Å². The topological polar surface area (TPSA) is 65.9 Å². The van der Waals surface area contributed by atoms with E-state index in [-0.39, 0.29) is 5.56 Å². The number of pyridine rings is 1. The van der Waals surface area contributed by atoms with Crippen LogP contribution < -0.4 is 10.3 Å². The molecule has 2 rings (SSSR count). The minimum Gasteiger partial charge on any atom is -0.497 e. The van der Waals surface area contributed by atoms with Crippen LogP contribution in [0.4, 0.5) is 0 Å². The maximum Gasteiger partial charge on any atom is 0.266 e. The smallest absolute Gasteiger partial charge is 0.266 e. The van der Waals surface area contributed by atoms with E-state index in [1.807, 2.05) is 30.3 Å². The predicted octanol–water partition coefficient (Wildman–Crippen LogP) is 2.32. The number of H-pyrrole nitrogens is 1. The molecule has 0 amide bonds. The van der Waals surface area contributed by atoms with Gasteiger partial charge in [0.05, 0.1) is 7.11 Å². The largest absolute Gasteiger partial charge is 0.497 e. The molecule has 0 unspecified atom stereocenters. The van der Waals surface area contributed by atoms with Crippen LogP contribution in [0.25, 0.3) is 6.08 Å². The highest BCUT2D eigenvalue weighted by atomic mass is 16.5. The monoisotopic (exact) mass is 276 g/mol. The predicted molar refractivity (Wildman–Crippen MR) is 80.7 cm³/mol. The second-order valence-electron chi connectivity index (χ2n) is 4.10. The Morgan fingerprint density at radius 1 is 1.19 bits per heavy atom. The van der Waals surface area contributed by atoms with Crippen molar-refractivity contribution in [3.63, 3.8) is 0 Å². The molecule has 4 nitrogen and oxygen atoms in total. The van der Waals surface area contributed by atoms with Crippen LogP contribution in [0.5, 0.6) is 5.75 Å². The van der Waals surface area contributed by atoms with Gasteiger partial charge in [-0.2, -0.15) is 5.26 Å². The van der Waals surface area contributed by atoms with Crippen molar-refractivity contribution < 1.29 is 4.74 Å². The summed E-state index contributed by atoms with van der Waals surface area (Å²) in [5.74, 6) is 6.63. The van der Waals surface area contributed by atoms with Gasteiger partial charge >= 0.3 is 0 Å². The summed E-state index contributed by atoms with van der Waals surface area (Å²) in [6.45, 7) is 0. The number of allylic oxidation sites excluding steroid dienone is 1. The molecule has 0 radical (unpaired) electrons. The Morgan fingerprint density at radius 2 is 1.95 bits per heavy atom. The van der Waals surface area contributed by atoms with Crippen LogP contribution in [0.2, 0.25) is 0 Å². The molecule has 1 N–H and O–H groups in total. The summed E-state index contributed by atoms with van der Waals surface area (Å²) >= 11 is 0. The summed E-state index contributed by atoms with van der Waals surface area (Å²) in [6.07, 6.45) is 3.32. The average Bonchev–Trinajstić information content (AvgIpc) is 2.52. The molecule has 1 aromatic heterocycles. The van der Waals surface area contributed by atoms with Crippen LogP contribution in [0.1, 0.15) is 16.8 Å². The number of hydrogen-bond donors (Lipinski definition) is 1. The first-order valence-electron chi connectivity index (χ1n) is 6.18. The number of hydrogen-bond acceptors (Lipinski definition) is 3. The van der Waals surface area contributed by atoms with Crippen LogP contribution in [0, 0.1) is 23.2 Å². The Labute approximate surface area is 122 Å². The van der Waals surface area contributed by atoms with E-state index in [2.05, 4.69) is 16.8 Å². The second kappa shape index (κ2) is 6.79. The van der Waals surface area contributed by atoms with Gasteiger partial charge in [0.25, 0.3) is 5.56 Å². The molecule has 1 heterocycles. The van der Waals surface area contributed by atoms with Crippen molar-refractivity contribution in [2.24, 2.45) is 0 Å². The zero-order valence-electron chi connectivity index (χ0n) is 11.4. The molecule has 21 heavy (non-hydrogen) atoms. The summed E-state index contributed by atoms with van der Waals surface area (Å²) in [6, 6.07) is 12.4. The molecule has 0 saturated heterocycles. The third kappa shape index (κ3) is 3.86. The van der Waals surface area contributed by atoms with Crippen molar-refractivity contribution in [1.29, 1.82) is 5.26 Å². The van der Waals surface area contributed by atoms with E-state index in [0.29, 0.717) is 5.69 Å². The molecule has 0 aliphatic heterocycles. The molecule has 102 valence electrons. The number of aromatic amines is 1. The van der Waals surface area contributed by atoms with Crippen LogP contribution in [0.15, 0.2) is 47.3 Å². The average molecular weight is 276 g/mol. The molecule has 4 heteroatoms. The van der Waals surface area contributed by atoms with E-state index >= 15 is 0 Å². The molecule has 0 saturated carbocycles. The standard InChI is InChI=1S/C17H12N2O2/c1-21-16-10-6-13(7-11-16)4-2-3-5-15-9-8-14(12-18)17(20)19-15/h3,5-11H,1H3,(H,19,20)/b5-3+. The fourth-order valence-corrected chi connectivity index (χ4v) is 1.60. The van der Waals surface area contributed by atoms with E-state index in [1.54, 1.807) is 25.3 Å². The number of methoxy groups -OCH3 is 1. The van der Waals surface area contributed by atoms with Gasteiger partial charge in [-0.1, -0.05) is 11.8 Å². The summed E-state index contributed by atoms with van der Waals surface area (Å²) in [5.41, 5.74) is 1.16. The first-order valence-corrected chi connectivity index (χ1v) is 6.18. The number of benzene rings is 1. The lowest BCUT2D eigenvalue weighted by Crippen LogP contribution is -2.10. The van der Waals surface area contributed by atoms with Gasteiger partial charge in [-0.05, 0) is 48.6 Å². The molecule has 0 bridgehead atoms. The molecule has 0 aliphatic carbocycles. The highest BCUT2D eigenvalue weighted by Gasteiger charge is 1.96. The van der Waals surface area contributed by atoms with Crippen molar-refractivity contribution in [2.75, 3.05) is 7.11 Å². The van der Waals surface area contributed by atoms with Gasteiger partial charge in [-0.15, -0.1) is 0 Å². The maximum absolute atomic E-state index is 11.4. The molecule has 0 spiro atoms. The number of rotatable bonds is 2. The Balaban J connectivity index is 2.09. The zero-order valence-corrected chi connectivity index (χ0v) is 11.4. The highest BCUT2D eigenvalue weighted by molar-refractivity contribution is 5.51. The van der Waals surface area contributed by atoms with Gasteiger partial charge in [0.15, 0.2) is 0 Å². The zero-order chi connectivity index (χ0) is 15.1. The van der Waals surface area contributed by atoms with Crippen molar-refractivity contribution in [2.45, 2.75) is 0 Å². The van der Waals surface area contributed by atoms with Crippen molar-refractivity contribution >= 4 is 6.08 Å². The third-order valence-corrected chi connectivity index (χ3v) is 2.71. The Kier molecular flexibility index (Phi) is 4.58. The normalized spacial score (nSPS) is 9.71. The lowest BCUT2D eigenvalue weighted by Gasteiger charge is -1.97. The summed E-state index contributed by atoms with van der Waals surface area (Å²) in [5, 5.41) is 8.67. The molecule has 0 atom stereocenters. The number of nitrogens with zero attached hydrogens (tertiary/aromatic N) is 1. The minimum atomic E-state index is -0.400. The molecule has 0 aliphatic rings. The number of ether oxygens (including phenoxy) is 1. The minimum absolute atomic E-state index is 0.0940. The maximum atomic E-state index is 11.4. The fraction of sp³-hybridized carbons (Fsp3) is 0.0588. The summed E-state index contributed by atoms with van der Waals surface area (Å²) in [7, 11) is 1.61. The molecular weight excluding hydrogens is 264 g/mol. The summed E-state index contributed by atoms with van der Waals surface area (Å²) < 4.78 is 5.06. The fourth-order valence-electron chi connectivity index (χ4n) is 1.60. The second-order valence-corrected chi connectivity index (χ2v) is 4.10. The van der Waals surface area contributed by atoms with Gasteiger partial charge in [0.1, 0.15) is 17.4 Å².